The molecule has 4 aromatic rings. The quantitative estimate of drug-likeness (QED) is 0.302. The molecule has 37 heavy (non-hydrogen) atoms. The molecule has 0 bridgehead atoms. The van der Waals surface area contributed by atoms with E-state index >= 15 is 0 Å². The fraction of sp³-hybridized carbons (Fsp3) is 0.214. The Kier molecular flexibility index (Phi) is 5.60. The Balaban J connectivity index is 1.29. The van der Waals surface area contributed by atoms with Gasteiger partial charge in [-0.1, -0.05) is 41.3 Å². The van der Waals surface area contributed by atoms with Crippen molar-refractivity contribution < 1.29 is 23.1 Å². The first-order chi connectivity index (χ1) is 17.7. The van der Waals surface area contributed by atoms with Crippen LogP contribution in [0.5, 0.6) is 0 Å². The van der Waals surface area contributed by atoms with Gasteiger partial charge in [0.05, 0.1) is 16.6 Å². The van der Waals surface area contributed by atoms with Crippen molar-refractivity contribution >= 4 is 47.7 Å². The summed E-state index contributed by atoms with van der Waals surface area (Å²) in [5.74, 6) is -1.79. The fourth-order valence-electron chi connectivity index (χ4n) is 5.59. The molecule has 5 nitrogen and oxygen atoms in total. The van der Waals surface area contributed by atoms with E-state index in [4.69, 9.17) is 16.3 Å². The largest absolute Gasteiger partial charge is 0.450 e. The highest BCUT2D eigenvalue weighted by Crippen LogP contribution is 2.44. The second kappa shape index (κ2) is 8.73. The first kappa shape index (κ1) is 23.7. The summed E-state index contributed by atoms with van der Waals surface area (Å²) in [6.45, 7) is 1.03. The van der Waals surface area contributed by atoms with Crippen molar-refractivity contribution in [2.45, 2.75) is 25.0 Å². The summed E-state index contributed by atoms with van der Waals surface area (Å²) in [6, 6.07) is 14.4. The maximum atomic E-state index is 13.8. The minimum Gasteiger partial charge on any atom is -0.450 e. The van der Waals surface area contributed by atoms with Gasteiger partial charge in [0, 0.05) is 60.7 Å². The van der Waals surface area contributed by atoms with E-state index in [1.807, 2.05) is 26.0 Å². The van der Waals surface area contributed by atoms with Crippen molar-refractivity contribution in [3.63, 3.8) is 0 Å². The number of carbonyl (C=O) groups excluding carboxylic acids is 2. The van der Waals surface area contributed by atoms with E-state index in [1.165, 1.54) is 12.1 Å². The number of hydrogen-bond acceptors (Lipinski definition) is 3. The van der Waals surface area contributed by atoms with Crippen molar-refractivity contribution in [1.82, 2.24) is 9.47 Å². The smallest absolute Gasteiger partial charge is 0.339 e. The number of esters is 1. The highest BCUT2D eigenvalue weighted by Gasteiger charge is 2.48. The monoisotopic (exact) mass is 518 g/mol. The molecular weight excluding hydrogens is 497 g/mol. The van der Waals surface area contributed by atoms with E-state index in [0.29, 0.717) is 58.5 Å². The van der Waals surface area contributed by atoms with Gasteiger partial charge < -0.3 is 14.2 Å². The number of piperidine rings is 1. The second-order valence-corrected chi connectivity index (χ2v) is 10.3. The van der Waals surface area contributed by atoms with Crippen LogP contribution >= 0.6 is 11.6 Å². The Morgan fingerprint density at radius 3 is 2.49 bits per heavy atom. The molecule has 186 valence electrons. The third-order valence-electron chi connectivity index (χ3n) is 7.38. The van der Waals surface area contributed by atoms with Crippen molar-refractivity contribution in [3.05, 3.63) is 99.7 Å². The number of aromatic nitrogens is 1. The first-order valence-corrected chi connectivity index (χ1v) is 12.5. The molecule has 0 radical (unpaired) electrons. The summed E-state index contributed by atoms with van der Waals surface area (Å²) < 4.78 is 35.2. The number of hydrogen-bond donors (Lipinski definition) is 0. The zero-order valence-electron chi connectivity index (χ0n) is 20.1. The van der Waals surface area contributed by atoms with Crippen molar-refractivity contribution in [1.29, 1.82) is 0 Å². The molecular formula is C28H22BClF2N2O3. The van der Waals surface area contributed by atoms with Crippen molar-refractivity contribution in [2.24, 2.45) is 0 Å². The van der Waals surface area contributed by atoms with Gasteiger partial charge in [-0.15, -0.1) is 0 Å². The Morgan fingerprint density at radius 1 is 1.03 bits per heavy atom. The maximum Gasteiger partial charge on any atom is 0.339 e. The van der Waals surface area contributed by atoms with E-state index in [1.54, 1.807) is 33.9 Å². The van der Waals surface area contributed by atoms with E-state index in [9.17, 15) is 18.4 Å². The molecule has 0 unspecified atom stereocenters. The molecule has 3 aromatic carbocycles. The van der Waals surface area contributed by atoms with Crippen LogP contribution in [0.4, 0.5) is 8.78 Å². The second-order valence-electron chi connectivity index (χ2n) is 9.83. The SMILES string of the molecule is Bc1ccc2c(c1)C(=O)OC21CCN(C(=O)c2cn(Cc3cc(F)cc(F)c3)c3cc(Cl)ccc23)CC1. The Hall–Kier alpha value is -3.65. The fourth-order valence-corrected chi connectivity index (χ4v) is 5.76. The molecule has 0 atom stereocenters. The van der Waals surface area contributed by atoms with Gasteiger partial charge in [0.25, 0.3) is 5.91 Å². The van der Waals surface area contributed by atoms with Gasteiger partial charge in [-0.05, 0) is 29.8 Å². The van der Waals surface area contributed by atoms with Gasteiger partial charge in [0.2, 0.25) is 0 Å². The van der Waals surface area contributed by atoms with Crippen LogP contribution in [0, 0.1) is 11.6 Å². The van der Waals surface area contributed by atoms with Gasteiger partial charge in [0.1, 0.15) is 25.1 Å². The van der Waals surface area contributed by atoms with Crippen LogP contribution in [0.3, 0.4) is 0 Å². The van der Waals surface area contributed by atoms with Gasteiger partial charge >= 0.3 is 5.97 Å². The highest BCUT2D eigenvalue weighted by atomic mass is 35.5. The first-order valence-electron chi connectivity index (χ1n) is 12.1. The van der Waals surface area contributed by atoms with E-state index in [2.05, 4.69) is 0 Å². The molecule has 0 saturated carbocycles. The normalized spacial score (nSPS) is 16.3. The van der Waals surface area contributed by atoms with Gasteiger partial charge in [-0.25, -0.2) is 13.6 Å². The standard InChI is InChI=1S/C28H22BClF2N2O3/c29-17-1-4-24-22(11-17)27(36)37-28(24)5-7-33(8-6-28)26(35)23-15-34(25-12-18(30)2-3-21(23)25)14-16-9-19(31)13-20(32)10-16/h1-4,9-13,15H,5-8,14,29H2. The van der Waals surface area contributed by atoms with Crippen LogP contribution < -0.4 is 5.46 Å². The number of carbonyl (C=O) groups is 2. The molecule has 1 aromatic heterocycles. The summed E-state index contributed by atoms with van der Waals surface area (Å²) >= 11 is 6.24. The average Bonchev–Trinajstić information content (AvgIpc) is 3.33. The molecule has 6 rings (SSSR count). The third-order valence-corrected chi connectivity index (χ3v) is 7.62. The molecule has 0 aliphatic carbocycles. The van der Waals surface area contributed by atoms with Gasteiger partial charge in [-0.2, -0.15) is 0 Å². The molecule has 0 N–H and O–H groups in total. The Morgan fingerprint density at radius 2 is 1.76 bits per heavy atom. The lowest BCUT2D eigenvalue weighted by molar-refractivity contribution is -0.0389. The van der Waals surface area contributed by atoms with Crippen LogP contribution in [-0.4, -0.2) is 42.3 Å². The summed E-state index contributed by atoms with van der Waals surface area (Å²) in [5.41, 5.74) is 3.40. The lowest BCUT2D eigenvalue weighted by Crippen LogP contribution is -2.45. The Labute approximate surface area is 218 Å². The molecule has 9 heteroatoms. The number of ether oxygens (including phenoxy) is 1. The minimum absolute atomic E-state index is 0.153. The molecule has 1 spiro atoms. The van der Waals surface area contributed by atoms with Crippen LogP contribution in [-0.2, 0) is 16.9 Å². The number of benzene rings is 3. The predicted octanol–water partition coefficient (Wildman–Crippen LogP) is 4.18. The number of fused-ring (bicyclic) bond motifs is 3. The van der Waals surface area contributed by atoms with Gasteiger partial charge in [-0.3, -0.25) is 4.79 Å². The van der Waals surface area contributed by atoms with E-state index < -0.39 is 17.2 Å². The zero-order valence-corrected chi connectivity index (χ0v) is 20.8. The zero-order chi connectivity index (χ0) is 25.9. The lowest BCUT2D eigenvalue weighted by Gasteiger charge is -2.38. The van der Waals surface area contributed by atoms with Crippen molar-refractivity contribution in [3.8, 4) is 0 Å². The van der Waals surface area contributed by atoms with E-state index in [0.717, 1.165) is 17.1 Å². The van der Waals surface area contributed by atoms with Crippen LogP contribution in [0.15, 0.2) is 60.8 Å². The molecule has 3 heterocycles. The maximum absolute atomic E-state index is 13.8. The topological polar surface area (TPSA) is 51.5 Å². The highest BCUT2D eigenvalue weighted by molar-refractivity contribution is 6.32. The number of likely N-dealkylation sites (tertiary alicyclic amines) is 1. The van der Waals surface area contributed by atoms with Crippen LogP contribution in [0.25, 0.3) is 10.9 Å². The predicted molar refractivity (Wildman–Crippen MR) is 139 cm³/mol. The molecule has 1 saturated heterocycles. The molecule has 2 aliphatic heterocycles. The summed E-state index contributed by atoms with van der Waals surface area (Å²) in [7, 11) is 1.94. The van der Waals surface area contributed by atoms with Crippen LogP contribution in [0.2, 0.25) is 5.02 Å². The Bertz CT molecular complexity index is 1570. The summed E-state index contributed by atoms with van der Waals surface area (Å²) in [4.78, 5) is 28.0. The van der Waals surface area contributed by atoms with Gasteiger partial charge in [0.15, 0.2) is 0 Å². The number of rotatable bonds is 3. The number of nitrogens with zero attached hydrogens (tertiary/aromatic N) is 2. The molecule has 2 aliphatic rings. The lowest BCUT2D eigenvalue weighted by atomic mass is 9.81. The van der Waals surface area contributed by atoms with Crippen molar-refractivity contribution in [2.75, 3.05) is 13.1 Å². The van der Waals surface area contributed by atoms with E-state index in [-0.39, 0.29) is 18.4 Å². The summed E-state index contributed by atoms with van der Waals surface area (Å²) in [6.07, 6.45) is 2.73. The van der Waals surface area contributed by atoms with Crippen LogP contribution in [0.1, 0.15) is 44.7 Å². The molecule has 1 fully saturated rings. The summed E-state index contributed by atoms with van der Waals surface area (Å²) in [5, 5.41) is 1.20. The average molecular weight is 519 g/mol. The third kappa shape index (κ3) is 4.09. The number of amides is 1. The number of halogens is 3. The molecule has 1 amide bonds. The minimum atomic E-state index is -0.708.